The fourth-order valence-corrected chi connectivity index (χ4v) is 1.87. The fraction of sp³-hybridized carbons (Fsp3) is 0.0714. The normalized spacial score (nSPS) is 11.5. The van der Waals surface area contributed by atoms with Crippen molar-refractivity contribution in [1.29, 1.82) is 0 Å². The van der Waals surface area contributed by atoms with E-state index in [0.29, 0.717) is 16.0 Å². The highest BCUT2D eigenvalue weighted by Crippen LogP contribution is 2.31. The molecule has 3 rings (SSSR count). The molecule has 0 radical (unpaired) electrons. The summed E-state index contributed by atoms with van der Waals surface area (Å²) in [4.78, 5) is 11.3. The maximum atomic E-state index is 12.5. The smallest absolute Gasteiger partial charge is 0.416 e. The second kappa shape index (κ2) is 5.72. The van der Waals surface area contributed by atoms with Crippen molar-refractivity contribution >= 4 is 11.7 Å². The zero-order valence-corrected chi connectivity index (χ0v) is 11.8. The summed E-state index contributed by atoms with van der Waals surface area (Å²) in [5, 5.41) is 19.2. The van der Waals surface area contributed by atoms with E-state index in [9.17, 15) is 18.0 Å². The largest absolute Gasteiger partial charge is 0.425 e. The zero-order chi connectivity index (χ0) is 17.3. The Morgan fingerprint density at radius 1 is 1.12 bits per heavy atom. The van der Waals surface area contributed by atoms with Crippen LogP contribution in [-0.2, 0) is 6.18 Å². The molecule has 0 saturated heterocycles. The van der Waals surface area contributed by atoms with Crippen LogP contribution in [0, 0.1) is 0 Å². The van der Waals surface area contributed by atoms with Crippen LogP contribution >= 0.6 is 0 Å². The van der Waals surface area contributed by atoms with Gasteiger partial charge < -0.3 is 14.9 Å². The van der Waals surface area contributed by atoms with E-state index < -0.39 is 17.3 Å². The Kier molecular flexibility index (Phi) is 3.72. The maximum Gasteiger partial charge on any atom is 0.416 e. The second-order valence-electron chi connectivity index (χ2n) is 4.71. The molecule has 0 fully saturated rings. The Morgan fingerprint density at radius 2 is 1.83 bits per heavy atom. The number of hydrogen-bond donors (Lipinski definition) is 2. The van der Waals surface area contributed by atoms with Crippen molar-refractivity contribution in [3.63, 3.8) is 0 Å². The Labute approximate surface area is 131 Å². The van der Waals surface area contributed by atoms with Gasteiger partial charge in [-0.1, -0.05) is 5.10 Å². The van der Waals surface area contributed by atoms with Gasteiger partial charge in [0.15, 0.2) is 0 Å². The summed E-state index contributed by atoms with van der Waals surface area (Å²) in [6, 6.07) is 6.69. The lowest BCUT2D eigenvalue weighted by Gasteiger charge is -2.05. The van der Waals surface area contributed by atoms with Crippen LogP contribution in [0.1, 0.15) is 5.56 Å². The molecule has 0 aliphatic heterocycles. The number of rotatable bonds is 3. The first-order valence-electron chi connectivity index (χ1n) is 6.53. The quantitative estimate of drug-likeness (QED) is 0.713. The standard InChI is InChI=1S/C14H9F3N4O3/c15-14(16,17)9-3-1-8(2-4-9)12-19-20-13(24-12)18-10-5-6-21(23)11(22)7-10/h1-7,23H,(H,18,20). The lowest BCUT2D eigenvalue weighted by molar-refractivity contribution is -0.137. The van der Waals surface area contributed by atoms with Crippen molar-refractivity contribution in [2.75, 3.05) is 5.32 Å². The molecule has 2 aromatic heterocycles. The molecule has 2 heterocycles. The van der Waals surface area contributed by atoms with Gasteiger partial charge in [0, 0.05) is 23.5 Å². The zero-order valence-electron chi connectivity index (χ0n) is 11.8. The summed E-state index contributed by atoms with van der Waals surface area (Å²) < 4.78 is 43.2. The number of alkyl halides is 3. The molecule has 10 heteroatoms. The first-order valence-corrected chi connectivity index (χ1v) is 6.53. The third-order valence-corrected chi connectivity index (χ3v) is 3.04. The molecule has 3 aromatic rings. The molecule has 0 bridgehead atoms. The Hall–Kier alpha value is -3.30. The number of anilines is 2. The Bertz CT molecular complexity index is 916. The third kappa shape index (κ3) is 3.21. The summed E-state index contributed by atoms with van der Waals surface area (Å²) in [5.74, 6) is 0.0155. The van der Waals surface area contributed by atoms with Gasteiger partial charge in [0.2, 0.25) is 5.89 Å². The number of halogens is 3. The van der Waals surface area contributed by atoms with E-state index in [4.69, 9.17) is 9.62 Å². The van der Waals surface area contributed by atoms with E-state index in [1.807, 2.05) is 0 Å². The van der Waals surface area contributed by atoms with E-state index in [1.165, 1.54) is 18.2 Å². The van der Waals surface area contributed by atoms with Crippen LogP contribution < -0.4 is 10.9 Å². The third-order valence-electron chi connectivity index (χ3n) is 3.04. The lowest BCUT2D eigenvalue weighted by atomic mass is 10.1. The van der Waals surface area contributed by atoms with Crippen molar-refractivity contribution in [1.82, 2.24) is 14.9 Å². The minimum Gasteiger partial charge on any atom is -0.425 e. The molecule has 0 unspecified atom stereocenters. The molecule has 0 amide bonds. The topological polar surface area (TPSA) is 93.2 Å². The highest BCUT2D eigenvalue weighted by molar-refractivity contribution is 5.56. The highest BCUT2D eigenvalue weighted by atomic mass is 19.4. The van der Waals surface area contributed by atoms with E-state index in [2.05, 4.69) is 15.5 Å². The second-order valence-corrected chi connectivity index (χ2v) is 4.71. The lowest BCUT2D eigenvalue weighted by Crippen LogP contribution is -2.15. The predicted octanol–water partition coefficient (Wildman–Crippen LogP) is 2.90. The van der Waals surface area contributed by atoms with Crippen LogP contribution in [0.4, 0.5) is 24.9 Å². The van der Waals surface area contributed by atoms with Crippen molar-refractivity contribution in [2.24, 2.45) is 0 Å². The SMILES string of the molecule is O=c1cc(Nc2nnc(-c3ccc(C(F)(F)F)cc3)o2)ccn1O. The first-order chi connectivity index (χ1) is 11.3. The minimum atomic E-state index is -4.42. The van der Waals surface area contributed by atoms with Gasteiger partial charge in [-0.3, -0.25) is 4.79 Å². The van der Waals surface area contributed by atoms with Crippen LogP contribution in [0.25, 0.3) is 11.5 Å². The number of hydrogen-bond acceptors (Lipinski definition) is 6. The average molecular weight is 338 g/mol. The van der Waals surface area contributed by atoms with Gasteiger partial charge in [0.05, 0.1) is 5.56 Å². The van der Waals surface area contributed by atoms with Crippen molar-refractivity contribution in [2.45, 2.75) is 6.18 Å². The monoisotopic (exact) mass is 338 g/mol. The van der Waals surface area contributed by atoms with Gasteiger partial charge in [-0.2, -0.15) is 17.9 Å². The van der Waals surface area contributed by atoms with Gasteiger partial charge in [-0.25, -0.2) is 0 Å². The van der Waals surface area contributed by atoms with Crippen LogP contribution in [0.15, 0.2) is 51.8 Å². The number of pyridine rings is 1. The van der Waals surface area contributed by atoms with Crippen LogP contribution in [0.5, 0.6) is 0 Å². The van der Waals surface area contributed by atoms with E-state index >= 15 is 0 Å². The van der Waals surface area contributed by atoms with Crippen LogP contribution in [0.2, 0.25) is 0 Å². The predicted molar refractivity (Wildman–Crippen MR) is 75.9 cm³/mol. The Morgan fingerprint density at radius 3 is 2.46 bits per heavy atom. The molecule has 1 aromatic carbocycles. The molecule has 2 N–H and O–H groups in total. The summed E-state index contributed by atoms with van der Waals surface area (Å²) in [5.41, 5.74) is -0.835. The van der Waals surface area contributed by atoms with Gasteiger partial charge in [-0.05, 0) is 30.3 Å². The van der Waals surface area contributed by atoms with Gasteiger partial charge in [0.1, 0.15) is 0 Å². The molecule has 24 heavy (non-hydrogen) atoms. The van der Waals surface area contributed by atoms with Gasteiger partial charge in [-0.15, -0.1) is 5.10 Å². The number of aromatic nitrogens is 3. The first kappa shape index (κ1) is 15.6. The molecule has 0 saturated carbocycles. The summed E-state index contributed by atoms with van der Waals surface area (Å²) in [6.45, 7) is 0. The van der Waals surface area contributed by atoms with E-state index in [0.717, 1.165) is 24.4 Å². The maximum absolute atomic E-state index is 12.5. The fourth-order valence-electron chi connectivity index (χ4n) is 1.87. The van der Waals surface area contributed by atoms with Crippen molar-refractivity contribution < 1.29 is 22.8 Å². The summed E-state index contributed by atoms with van der Waals surface area (Å²) in [7, 11) is 0. The molecule has 124 valence electrons. The molecule has 0 aliphatic carbocycles. The summed E-state index contributed by atoms with van der Waals surface area (Å²) in [6.07, 6.45) is -3.30. The average Bonchev–Trinajstić information content (AvgIpc) is 2.99. The number of benzene rings is 1. The van der Waals surface area contributed by atoms with Crippen LogP contribution in [0.3, 0.4) is 0 Å². The molecule has 7 nitrogen and oxygen atoms in total. The number of nitrogens with zero attached hydrogens (tertiary/aromatic N) is 3. The van der Waals surface area contributed by atoms with Gasteiger partial charge in [0.25, 0.3) is 5.56 Å². The van der Waals surface area contributed by atoms with Gasteiger partial charge >= 0.3 is 12.2 Å². The van der Waals surface area contributed by atoms with Crippen molar-refractivity contribution in [3.8, 4) is 11.5 Å². The van der Waals surface area contributed by atoms with Crippen LogP contribution in [-0.4, -0.2) is 20.1 Å². The minimum absolute atomic E-state index is 0.0155. The van der Waals surface area contributed by atoms with Crippen molar-refractivity contribution in [3.05, 3.63) is 58.5 Å². The summed E-state index contributed by atoms with van der Waals surface area (Å²) >= 11 is 0. The molecule has 0 atom stereocenters. The molecule has 0 spiro atoms. The number of nitrogens with one attached hydrogen (secondary N) is 1. The van der Waals surface area contributed by atoms with E-state index in [-0.39, 0.29) is 11.9 Å². The Balaban J connectivity index is 1.80. The molecule has 0 aliphatic rings. The molecular weight excluding hydrogens is 329 g/mol. The molecular formula is C14H9F3N4O3. The van der Waals surface area contributed by atoms with E-state index in [1.54, 1.807) is 0 Å². The highest BCUT2D eigenvalue weighted by Gasteiger charge is 2.30.